The van der Waals surface area contributed by atoms with E-state index in [1.54, 1.807) is 0 Å². The van der Waals surface area contributed by atoms with E-state index in [0.717, 1.165) is 19.3 Å². The first-order chi connectivity index (χ1) is 4.20. The number of rotatable bonds is 1. The fourth-order valence-electron chi connectivity index (χ4n) is 1.33. The molecule has 1 fully saturated rings. The van der Waals surface area contributed by atoms with E-state index in [-0.39, 0.29) is 5.25 Å². The maximum atomic E-state index is 10.3. The van der Waals surface area contributed by atoms with Crippen molar-refractivity contribution in [3.05, 3.63) is 0 Å². The second-order valence-corrected chi connectivity index (χ2v) is 3.99. The van der Waals surface area contributed by atoms with Gasteiger partial charge in [-0.2, -0.15) is 0 Å². The highest BCUT2D eigenvalue weighted by Gasteiger charge is 2.21. The Balaban J connectivity index is 2.39. The molecule has 1 saturated carbocycles. The van der Waals surface area contributed by atoms with Crippen LogP contribution in [0.4, 0.5) is 0 Å². The van der Waals surface area contributed by atoms with Crippen LogP contribution in [0.2, 0.25) is 0 Å². The molecule has 1 rings (SSSR count). The zero-order chi connectivity index (χ0) is 6.85. The van der Waals surface area contributed by atoms with Gasteiger partial charge in [-0.25, -0.2) is 0 Å². The average Bonchev–Trinajstić information content (AvgIpc) is 2.14. The highest BCUT2D eigenvalue weighted by atomic mass is 32.2. The molecule has 3 atom stereocenters. The van der Waals surface area contributed by atoms with E-state index in [1.807, 2.05) is 0 Å². The fourth-order valence-corrected chi connectivity index (χ4v) is 2.14. The number of hydrogen-bond acceptors (Lipinski definition) is 2. The predicted molar refractivity (Wildman–Crippen MR) is 35.7 cm³/mol. The number of hydrogen-bond donors (Lipinski definition) is 0. The lowest BCUT2D eigenvalue weighted by Gasteiger charge is -2.11. The van der Waals surface area contributed by atoms with Crippen molar-refractivity contribution in [2.75, 3.05) is 0 Å². The van der Waals surface area contributed by atoms with Gasteiger partial charge in [0.1, 0.15) is 0 Å². The van der Waals surface area contributed by atoms with Crippen LogP contribution in [0, 0.1) is 5.92 Å². The summed E-state index contributed by atoms with van der Waals surface area (Å²) < 4.78 is 20.7. The van der Waals surface area contributed by atoms with Crippen molar-refractivity contribution >= 4 is 11.1 Å². The van der Waals surface area contributed by atoms with Crippen LogP contribution in [0.15, 0.2) is 0 Å². The molecule has 0 aromatic carbocycles. The molecular formula is C6H11O2S-. The van der Waals surface area contributed by atoms with Gasteiger partial charge in [-0.3, -0.25) is 4.21 Å². The summed E-state index contributed by atoms with van der Waals surface area (Å²) >= 11 is -1.81. The van der Waals surface area contributed by atoms with E-state index < -0.39 is 11.1 Å². The van der Waals surface area contributed by atoms with Crippen LogP contribution in [0.5, 0.6) is 0 Å². The Bertz CT molecular complexity index is 124. The molecule has 0 bridgehead atoms. The van der Waals surface area contributed by atoms with Crippen LogP contribution >= 0.6 is 0 Å². The Morgan fingerprint density at radius 3 is 2.44 bits per heavy atom. The minimum Gasteiger partial charge on any atom is -0.772 e. The second kappa shape index (κ2) is 2.80. The van der Waals surface area contributed by atoms with E-state index in [2.05, 4.69) is 6.92 Å². The van der Waals surface area contributed by atoms with Crippen LogP contribution in [-0.4, -0.2) is 14.0 Å². The highest BCUT2D eigenvalue weighted by molar-refractivity contribution is 7.79. The molecular weight excluding hydrogens is 136 g/mol. The van der Waals surface area contributed by atoms with Crippen LogP contribution in [0.3, 0.4) is 0 Å². The molecule has 0 spiro atoms. The molecule has 0 saturated heterocycles. The normalized spacial score (nSPS) is 38.9. The third-order valence-corrected chi connectivity index (χ3v) is 2.89. The molecule has 0 heterocycles. The summed E-state index contributed by atoms with van der Waals surface area (Å²) in [6.07, 6.45) is 2.83. The van der Waals surface area contributed by atoms with Gasteiger partial charge in [0.15, 0.2) is 0 Å². The van der Waals surface area contributed by atoms with Crippen LogP contribution in [-0.2, 0) is 11.1 Å². The fraction of sp³-hybridized carbons (Fsp3) is 1.00. The summed E-state index contributed by atoms with van der Waals surface area (Å²) in [5, 5.41) is -0.0417. The lowest BCUT2D eigenvalue weighted by Crippen LogP contribution is -2.09. The molecule has 9 heavy (non-hydrogen) atoms. The average molecular weight is 147 g/mol. The molecule has 1 aliphatic carbocycles. The predicted octanol–water partition coefficient (Wildman–Crippen LogP) is 1.05. The second-order valence-electron chi connectivity index (χ2n) is 2.80. The standard InChI is InChI=1S/C6H12O2S/c1-5-2-3-6(4-5)9(7)8/h5-6H,2-4H2,1H3,(H,7,8)/p-1. The van der Waals surface area contributed by atoms with Crippen LogP contribution in [0.1, 0.15) is 26.2 Å². The van der Waals surface area contributed by atoms with Crippen molar-refractivity contribution in [1.29, 1.82) is 0 Å². The Morgan fingerprint density at radius 1 is 1.56 bits per heavy atom. The Labute approximate surface area is 57.9 Å². The molecule has 3 heteroatoms. The van der Waals surface area contributed by atoms with Gasteiger partial charge in [0.2, 0.25) is 0 Å². The molecule has 0 aromatic heterocycles. The minimum absolute atomic E-state index is 0.0417. The minimum atomic E-state index is -1.81. The molecule has 0 aromatic rings. The van der Waals surface area contributed by atoms with Crippen LogP contribution in [0.25, 0.3) is 0 Å². The molecule has 0 amide bonds. The van der Waals surface area contributed by atoms with Crippen molar-refractivity contribution in [2.24, 2.45) is 5.92 Å². The summed E-state index contributed by atoms with van der Waals surface area (Å²) in [5.41, 5.74) is 0. The van der Waals surface area contributed by atoms with Gasteiger partial charge in [-0.15, -0.1) is 0 Å². The molecule has 0 N–H and O–H groups in total. The Kier molecular flexibility index (Phi) is 2.24. The molecule has 3 unspecified atom stereocenters. The summed E-state index contributed by atoms with van der Waals surface area (Å²) in [5.74, 6) is 0.618. The van der Waals surface area contributed by atoms with Gasteiger partial charge in [0, 0.05) is 5.25 Å². The van der Waals surface area contributed by atoms with Crippen molar-refractivity contribution in [3.63, 3.8) is 0 Å². The quantitative estimate of drug-likeness (QED) is 0.520. The van der Waals surface area contributed by atoms with E-state index in [9.17, 15) is 8.76 Å². The molecule has 0 aliphatic heterocycles. The van der Waals surface area contributed by atoms with Crippen molar-refractivity contribution in [2.45, 2.75) is 31.4 Å². The third-order valence-electron chi connectivity index (χ3n) is 1.92. The third kappa shape index (κ3) is 1.76. The lowest BCUT2D eigenvalue weighted by atomic mass is 10.1. The molecule has 1 aliphatic rings. The van der Waals surface area contributed by atoms with Crippen molar-refractivity contribution in [3.8, 4) is 0 Å². The monoisotopic (exact) mass is 147 g/mol. The highest BCUT2D eigenvalue weighted by Crippen LogP contribution is 2.27. The topological polar surface area (TPSA) is 40.1 Å². The van der Waals surface area contributed by atoms with Gasteiger partial charge in [0.05, 0.1) is 0 Å². The van der Waals surface area contributed by atoms with E-state index in [1.165, 1.54) is 0 Å². The zero-order valence-corrected chi connectivity index (χ0v) is 6.32. The maximum Gasteiger partial charge on any atom is 0.0218 e. The maximum absolute atomic E-state index is 10.3. The van der Waals surface area contributed by atoms with E-state index >= 15 is 0 Å². The summed E-state index contributed by atoms with van der Waals surface area (Å²) in [6.45, 7) is 2.10. The van der Waals surface area contributed by atoms with Crippen molar-refractivity contribution < 1.29 is 8.76 Å². The van der Waals surface area contributed by atoms with Gasteiger partial charge >= 0.3 is 0 Å². The molecule has 54 valence electrons. The smallest absolute Gasteiger partial charge is 0.0218 e. The van der Waals surface area contributed by atoms with E-state index in [0.29, 0.717) is 5.92 Å². The van der Waals surface area contributed by atoms with Gasteiger partial charge < -0.3 is 4.55 Å². The van der Waals surface area contributed by atoms with Gasteiger partial charge in [0.25, 0.3) is 0 Å². The lowest BCUT2D eigenvalue weighted by molar-refractivity contribution is 0.518. The van der Waals surface area contributed by atoms with E-state index in [4.69, 9.17) is 0 Å². The first-order valence-corrected chi connectivity index (χ1v) is 4.42. The first-order valence-electron chi connectivity index (χ1n) is 3.28. The van der Waals surface area contributed by atoms with Gasteiger partial charge in [-0.05, 0) is 25.2 Å². The van der Waals surface area contributed by atoms with Crippen LogP contribution < -0.4 is 0 Å². The largest absolute Gasteiger partial charge is 0.772 e. The summed E-state index contributed by atoms with van der Waals surface area (Å²) in [7, 11) is 0. The Morgan fingerprint density at radius 2 is 2.22 bits per heavy atom. The molecule has 0 radical (unpaired) electrons. The SMILES string of the molecule is CC1CCC(S(=O)[O-])C1. The zero-order valence-electron chi connectivity index (χ0n) is 5.50. The molecule has 2 nitrogen and oxygen atoms in total. The summed E-state index contributed by atoms with van der Waals surface area (Å²) in [6, 6.07) is 0. The van der Waals surface area contributed by atoms with Crippen molar-refractivity contribution in [1.82, 2.24) is 0 Å². The summed E-state index contributed by atoms with van der Waals surface area (Å²) in [4.78, 5) is 0. The Hall–Kier alpha value is 0.110. The first kappa shape index (κ1) is 7.22. The van der Waals surface area contributed by atoms with Gasteiger partial charge in [-0.1, -0.05) is 18.0 Å².